The topological polar surface area (TPSA) is 515 Å². The molecule has 35 unspecified atom stereocenters. The summed E-state index contributed by atoms with van der Waals surface area (Å²) >= 11 is 0. The van der Waals surface area contributed by atoms with E-state index in [9.17, 15) is 96.4 Å². The molecule has 11 rings (SSSR count). The van der Waals surface area contributed by atoms with Gasteiger partial charge in [0.2, 0.25) is 6.29 Å². The second-order valence-corrected chi connectivity index (χ2v) is 35.8. The van der Waals surface area contributed by atoms with Crippen molar-refractivity contribution in [2.45, 2.75) is 355 Å². The first kappa shape index (κ1) is 89.0. The van der Waals surface area contributed by atoms with E-state index in [-0.39, 0.29) is 42.5 Å². The molecule has 0 aromatic carbocycles. The average molecular weight is 1590 g/mol. The van der Waals surface area contributed by atoms with Gasteiger partial charge < -0.3 is 148 Å². The van der Waals surface area contributed by atoms with Gasteiger partial charge in [-0.15, -0.1) is 0 Å². The number of fused-ring (bicyclic) bond motifs is 7. The van der Waals surface area contributed by atoms with E-state index in [0.29, 0.717) is 103 Å². The van der Waals surface area contributed by atoms with Crippen LogP contribution in [0.1, 0.15) is 190 Å². The van der Waals surface area contributed by atoms with Gasteiger partial charge in [-0.2, -0.15) is 0 Å². The maximum atomic E-state index is 16.2. The fourth-order valence-electron chi connectivity index (χ4n) is 20.9. The zero-order valence-corrected chi connectivity index (χ0v) is 65.2. The van der Waals surface area contributed by atoms with E-state index in [1.165, 1.54) is 6.92 Å². The number of aliphatic hydroxyl groups excluding tert-OH is 16. The predicted molar refractivity (Wildman–Crippen MR) is 381 cm³/mol. The number of rotatable bonds is 31. The highest BCUT2D eigenvalue weighted by molar-refractivity contribution is 5.79. The molecule has 33 nitrogen and oxygen atoms in total. The number of unbranched alkanes of at least 4 members (excludes halogenated alkanes) is 8. The molecule has 10 fully saturated rings. The molecule has 0 aromatic rings. The number of ketones is 1. The lowest BCUT2D eigenvalue weighted by atomic mass is 9.33. The van der Waals surface area contributed by atoms with Crippen LogP contribution in [0.4, 0.5) is 0 Å². The van der Waals surface area contributed by atoms with Crippen molar-refractivity contribution in [1.29, 1.82) is 0 Å². The summed E-state index contributed by atoms with van der Waals surface area (Å²) in [7, 11) is 0. The standard InChI is InChI=1S/C78H128O33/c1-39-60(107-66-57(93)52(88)45(85)34-101-66)55(91)59(95)67(104-39)109-62-61(108-70-63(96)78(98,37-81)38-103-70)47(105-50(86)20-16-12-11-15-19-40(82)18-14-10-8-9-13-17-29-99-65-56(92)51(87)44(84)33-100-65)35-102-69(62)111-71(97)77-27-25-72(2,3)30-42(77)41-21-22-49-73(4)31-43(83)64(110-68-58(94)54(90)53(89)46(32-79)106-68)74(5,36-80)48(73)23-24-76(49,7)75(41,6)26-28-77/h21,39,42-49,51-70,79-81,83-85,87-96,98H,8-20,22-38H2,1-7H3. The minimum atomic E-state index is -2.25. The van der Waals surface area contributed by atoms with Crippen molar-refractivity contribution in [3.8, 4) is 0 Å². The third-order valence-electron chi connectivity index (χ3n) is 28.0. The lowest BCUT2D eigenvalue weighted by Gasteiger charge is -2.72. The Balaban J connectivity index is 0.793. The van der Waals surface area contributed by atoms with Gasteiger partial charge in [0.05, 0.1) is 70.0 Å². The van der Waals surface area contributed by atoms with Crippen LogP contribution in [0.15, 0.2) is 11.6 Å². The van der Waals surface area contributed by atoms with E-state index in [0.717, 1.165) is 37.7 Å². The molecule has 33 heteroatoms. The monoisotopic (exact) mass is 1590 g/mol. The highest BCUT2D eigenvalue weighted by Crippen LogP contribution is 2.76. The summed E-state index contributed by atoms with van der Waals surface area (Å²) in [6, 6.07) is 0. The molecule has 35 atom stereocenters. The SMILES string of the molecule is CC1OC(OC2C(OC(=O)C34CCC(C)(C)CC3C3=CCC5C6(C)CC(O)C(OC7OC(CO)C(O)C(O)C7O)C(C)(CO)C6CCC5(C)C3(C)CC4)OCC(OC(=O)CCCCCCC(=O)CCCCCCCCOC3OCC(O)C(O)C3O)C2OC2OCC(O)(CO)C2O)C(O)C(O)C1OC1OCC(O)C(O)C1O. The summed E-state index contributed by atoms with van der Waals surface area (Å²) in [5, 5.41) is 184. The van der Waals surface area contributed by atoms with Crippen molar-refractivity contribution >= 4 is 17.7 Å². The van der Waals surface area contributed by atoms with Crippen molar-refractivity contribution in [1.82, 2.24) is 0 Å². The predicted octanol–water partition coefficient (Wildman–Crippen LogP) is -0.674. The van der Waals surface area contributed by atoms with Gasteiger partial charge in [-0.25, -0.2) is 0 Å². The first-order valence-corrected chi connectivity index (χ1v) is 40.5. The number of aliphatic hydroxyl groups is 17. The van der Waals surface area contributed by atoms with Crippen LogP contribution in [-0.4, -0.2) is 323 Å². The van der Waals surface area contributed by atoms with Crippen molar-refractivity contribution < 1.29 is 163 Å². The van der Waals surface area contributed by atoms with Crippen molar-refractivity contribution in [3.05, 3.63) is 11.6 Å². The van der Waals surface area contributed by atoms with Crippen LogP contribution >= 0.6 is 0 Å². The zero-order chi connectivity index (χ0) is 80.7. The van der Waals surface area contributed by atoms with Gasteiger partial charge in [0.25, 0.3) is 0 Å². The van der Waals surface area contributed by atoms with Crippen LogP contribution in [0.5, 0.6) is 0 Å². The van der Waals surface area contributed by atoms with Gasteiger partial charge >= 0.3 is 11.9 Å². The Morgan fingerprint density at radius 3 is 1.74 bits per heavy atom. The van der Waals surface area contributed by atoms with E-state index >= 15 is 4.79 Å². The quantitative estimate of drug-likeness (QED) is 0.0177. The molecule has 4 saturated carbocycles. The molecular weight excluding hydrogens is 1460 g/mol. The Kier molecular flexibility index (Phi) is 29.2. The molecule has 6 heterocycles. The molecule has 0 bridgehead atoms. The summed E-state index contributed by atoms with van der Waals surface area (Å²) in [6.07, 6.45) is -26.4. The van der Waals surface area contributed by atoms with E-state index in [2.05, 4.69) is 40.7 Å². The first-order valence-electron chi connectivity index (χ1n) is 40.5. The molecule has 0 amide bonds. The number of carbonyl (C=O) groups excluding carboxylic acids is 3. The van der Waals surface area contributed by atoms with E-state index in [4.69, 9.17) is 61.6 Å². The van der Waals surface area contributed by atoms with Gasteiger partial charge in [0, 0.05) is 31.3 Å². The smallest absolute Gasteiger partial charge is 0.315 e. The van der Waals surface area contributed by atoms with Crippen LogP contribution in [0.2, 0.25) is 0 Å². The highest BCUT2D eigenvalue weighted by Gasteiger charge is 2.72. The Bertz CT molecular complexity index is 3090. The second kappa shape index (κ2) is 36.4. The molecule has 6 saturated heterocycles. The van der Waals surface area contributed by atoms with Crippen LogP contribution < -0.4 is 0 Å². The van der Waals surface area contributed by atoms with Gasteiger partial charge in [-0.1, -0.05) is 91.7 Å². The maximum Gasteiger partial charge on any atom is 0.315 e. The molecule has 638 valence electrons. The third kappa shape index (κ3) is 17.9. The Morgan fingerprint density at radius 2 is 1.09 bits per heavy atom. The lowest BCUT2D eigenvalue weighted by molar-refractivity contribution is -0.376. The molecule has 0 radical (unpaired) electrons. The molecule has 111 heavy (non-hydrogen) atoms. The zero-order valence-electron chi connectivity index (χ0n) is 65.2. The maximum absolute atomic E-state index is 16.2. The summed E-state index contributed by atoms with van der Waals surface area (Å²) in [5.41, 5.74) is -5.47. The number of esters is 2. The third-order valence-corrected chi connectivity index (χ3v) is 28.0. The molecule has 0 aromatic heterocycles. The van der Waals surface area contributed by atoms with Gasteiger partial charge in [0.1, 0.15) is 103 Å². The van der Waals surface area contributed by atoms with Crippen LogP contribution in [0.3, 0.4) is 0 Å². The normalized spacial score (nSPS) is 47.7. The number of carbonyl (C=O) groups is 3. The van der Waals surface area contributed by atoms with E-state index in [1.54, 1.807) is 0 Å². The average Bonchev–Trinajstić information content (AvgIpc) is 0.878. The van der Waals surface area contributed by atoms with Crippen molar-refractivity contribution in [3.63, 3.8) is 0 Å². The molecule has 17 N–H and O–H groups in total. The first-order chi connectivity index (χ1) is 52.5. The van der Waals surface area contributed by atoms with Crippen molar-refractivity contribution in [2.24, 2.45) is 50.2 Å². The molecule has 0 spiro atoms. The summed E-state index contributed by atoms with van der Waals surface area (Å²) < 4.78 is 79.0. The fourth-order valence-corrected chi connectivity index (χ4v) is 20.9. The minimum absolute atomic E-state index is 0.0936. The van der Waals surface area contributed by atoms with Crippen LogP contribution in [0, 0.1) is 50.2 Å². The van der Waals surface area contributed by atoms with E-state index in [1.807, 2.05) is 6.92 Å². The molecule has 6 aliphatic heterocycles. The number of hydrogen-bond donors (Lipinski definition) is 17. The number of hydrogen-bond acceptors (Lipinski definition) is 33. The Hall–Kier alpha value is -2.77. The van der Waals surface area contributed by atoms with Crippen molar-refractivity contribution in [2.75, 3.05) is 52.9 Å². The molecular formula is C78H128O33. The molecule has 11 aliphatic rings. The highest BCUT2D eigenvalue weighted by atomic mass is 16.8. The van der Waals surface area contributed by atoms with Gasteiger partial charge in [-0.3, -0.25) is 14.4 Å². The summed E-state index contributed by atoms with van der Waals surface area (Å²) in [6.45, 7) is 10.8. The van der Waals surface area contributed by atoms with E-state index < -0.39 is 250 Å². The molecule has 5 aliphatic carbocycles. The van der Waals surface area contributed by atoms with Gasteiger partial charge in [-0.05, 0) is 130 Å². The lowest BCUT2D eigenvalue weighted by Crippen LogP contribution is -2.69. The number of ether oxygens (including phenoxy) is 13. The fraction of sp³-hybridized carbons (Fsp3) is 0.936. The second-order valence-electron chi connectivity index (χ2n) is 35.8. The Morgan fingerprint density at radius 1 is 0.514 bits per heavy atom. The van der Waals surface area contributed by atoms with Crippen LogP contribution in [-0.2, 0) is 76.0 Å². The largest absolute Gasteiger partial charge is 0.457 e. The van der Waals surface area contributed by atoms with Gasteiger partial charge in [0.15, 0.2) is 43.7 Å². The van der Waals surface area contributed by atoms with Crippen LogP contribution in [0.25, 0.3) is 0 Å². The Labute approximate surface area is 648 Å². The summed E-state index contributed by atoms with van der Waals surface area (Å²) in [5.74, 6) is -2.07. The summed E-state index contributed by atoms with van der Waals surface area (Å²) in [4.78, 5) is 43.2. The number of Topliss-reactive ketones (excluding diaryl/α,β-unsaturated/α-hetero) is 1. The minimum Gasteiger partial charge on any atom is -0.457 e. The number of allylic oxidation sites excluding steroid dienone is 2.